The Morgan fingerprint density at radius 3 is 2.95 bits per heavy atom. The maximum absolute atomic E-state index is 13.6. The molecule has 2 aromatic rings. The van der Waals surface area contributed by atoms with Gasteiger partial charge in [-0.2, -0.15) is 0 Å². The second kappa shape index (κ2) is 5.44. The first-order valence-electron chi connectivity index (χ1n) is 6.59. The van der Waals surface area contributed by atoms with Gasteiger partial charge in [0.1, 0.15) is 18.2 Å². The van der Waals surface area contributed by atoms with E-state index in [1.54, 1.807) is 0 Å². The molecule has 0 spiro atoms. The number of benzene rings is 2. The molecule has 1 heterocycles. The molecule has 21 heavy (non-hydrogen) atoms. The molecule has 0 radical (unpaired) electrons. The molecule has 5 heteroatoms. The normalized spacial score (nSPS) is 16.1. The van der Waals surface area contributed by atoms with Crippen molar-refractivity contribution in [3.05, 3.63) is 59.4 Å². The van der Waals surface area contributed by atoms with Crippen LogP contribution in [0.5, 0.6) is 5.75 Å². The maximum Gasteiger partial charge on any atom is 0.341 e. The predicted molar refractivity (Wildman–Crippen MR) is 75.8 cm³/mol. The number of hydrogen-bond donors (Lipinski definition) is 1. The van der Waals surface area contributed by atoms with Gasteiger partial charge < -0.3 is 15.2 Å². The highest BCUT2D eigenvalue weighted by Crippen LogP contribution is 2.33. The van der Waals surface area contributed by atoms with Crippen molar-refractivity contribution >= 4 is 11.7 Å². The quantitative estimate of drug-likeness (QED) is 0.696. The molecule has 0 aliphatic carbocycles. The molecule has 1 unspecified atom stereocenters. The lowest BCUT2D eigenvalue weighted by Gasteiger charge is -2.10. The van der Waals surface area contributed by atoms with Crippen LogP contribution in [-0.2, 0) is 4.74 Å². The number of rotatable bonds is 3. The van der Waals surface area contributed by atoms with Gasteiger partial charge in [0, 0.05) is 11.3 Å². The van der Waals surface area contributed by atoms with E-state index in [1.807, 2.05) is 24.3 Å². The summed E-state index contributed by atoms with van der Waals surface area (Å²) in [6.07, 6.45) is 0. The smallest absolute Gasteiger partial charge is 0.341 e. The van der Waals surface area contributed by atoms with Gasteiger partial charge in [-0.1, -0.05) is 18.2 Å². The molecule has 4 nitrogen and oxygen atoms in total. The minimum Gasteiger partial charge on any atom is -0.493 e. The van der Waals surface area contributed by atoms with Crippen LogP contribution in [0.4, 0.5) is 10.1 Å². The number of esters is 1. The molecular weight excluding hydrogens is 273 g/mol. The van der Waals surface area contributed by atoms with Gasteiger partial charge in [0.25, 0.3) is 0 Å². The summed E-state index contributed by atoms with van der Waals surface area (Å²) in [4.78, 5) is 11.9. The van der Waals surface area contributed by atoms with Crippen LogP contribution in [0, 0.1) is 5.82 Å². The molecule has 0 aromatic heterocycles. The first kappa shape index (κ1) is 13.4. The third-order valence-corrected chi connectivity index (χ3v) is 3.43. The van der Waals surface area contributed by atoms with Gasteiger partial charge in [0.05, 0.1) is 18.1 Å². The van der Waals surface area contributed by atoms with Crippen molar-refractivity contribution in [3.8, 4) is 5.75 Å². The molecule has 2 N–H and O–H groups in total. The Bertz CT molecular complexity index is 687. The van der Waals surface area contributed by atoms with E-state index >= 15 is 0 Å². The molecule has 0 saturated carbocycles. The van der Waals surface area contributed by atoms with Crippen LogP contribution in [0.2, 0.25) is 0 Å². The van der Waals surface area contributed by atoms with Crippen LogP contribution in [0.3, 0.4) is 0 Å². The molecule has 3 rings (SSSR count). The Morgan fingerprint density at radius 1 is 1.33 bits per heavy atom. The Morgan fingerprint density at radius 2 is 2.14 bits per heavy atom. The molecule has 1 atom stereocenters. The Hall–Kier alpha value is -2.56. The number of halogens is 1. The summed E-state index contributed by atoms with van der Waals surface area (Å²) in [5.74, 6) is -0.598. The van der Waals surface area contributed by atoms with Crippen LogP contribution < -0.4 is 10.5 Å². The van der Waals surface area contributed by atoms with Gasteiger partial charge in [-0.25, -0.2) is 9.18 Å². The highest BCUT2D eigenvalue weighted by molar-refractivity contribution is 5.90. The molecule has 0 bridgehead atoms. The van der Waals surface area contributed by atoms with E-state index in [0.29, 0.717) is 6.61 Å². The monoisotopic (exact) mass is 287 g/mol. The van der Waals surface area contributed by atoms with E-state index in [2.05, 4.69) is 0 Å². The minimum atomic E-state index is -0.697. The van der Waals surface area contributed by atoms with Crippen molar-refractivity contribution < 1.29 is 18.7 Å². The third kappa shape index (κ3) is 2.67. The van der Waals surface area contributed by atoms with Crippen LogP contribution >= 0.6 is 0 Å². The van der Waals surface area contributed by atoms with Crippen LogP contribution in [-0.4, -0.2) is 19.2 Å². The van der Waals surface area contributed by atoms with Gasteiger partial charge in [0.2, 0.25) is 0 Å². The highest BCUT2D eigenvalue weighted by atomic mass is 19.1. The maximum atomic E-state index is 13.6. The number of para-hydroxylation sites is 1. The zero-order valence-electron chi connectivity index (χ0n) is 11.2. The molecule has 0 amide bonds. The fraction of sp³-hybridized carbons (Fsp3) is 0.188. The topological polar surface area (TPSA) is 61.6 Å². The summed E-state index contributed by atoms with van der Waals surface area (Å²) < 4.78 is 24.3. The molecule has 1 aliphatic rings. The van der Waals surface area contributed by atoms with Gasteiger partial charge >= 0.3 is 5.97 Å². The lowest BCUT2D eigenvalue weighted by atomic mass is 10.0. The zero-order chi connectivity index (χ0) is 14.8. The van der Waals surface area contributed by atoms with E-state index in [-0.39, 0.29) is 23.8 Å². The zero-order valence-corrected chi connectivity index (χ0v) is 11.2. The predicted octanol–water partition coefficient (Wildman–Crippen LogP) is 2.74. The number of fused-ring (bicyclic) bond motifs is 1. The fourth-order valence-electron chi connectivity index (χ4n) is 2.32. The summed E-state index contributed by atoms with van der Waals surface area (Å²) in [5.41, 5.74) is 6.60. The van der Waals surface area contributed by atoms with Crippen molar-refractivity contribution in [1.82, 2.24) is 0 Å². The lowest BCUT2D eigenvalue weighted by molar-refractivity contribution is 0.0465. The van der Waals surface area contributed by atoms with E-state index in [0.717, 1.165) is 17.4 Å². The van der Waals surface area contributed by atoms with E-state index in [4.69, 9.17) is 15.2 Å². The van der Waals surface area contributed by atoms with Gasteiger partial charge in [-0.3, -0.25) is 0 Å². The average molecular weight is 287 g/mol. The van der Waals surface area contributed by atoms with Crippen LogP contribution in [0.25, 0.3) is 0 Å². The summed E-state index contributed by atoms with van der Waals surface area (Å²) in [5, 5.41) is 0. The standard InChI is InChI=1S/C16H14FNO3/c17-14-7-11(18)5-6-13(14)16(19)21-9-10-8-20-15-4-2-1-3-12(10)15/h1-7,10H,8-9,18H2. The fourth-order valence-corrected chi connectivity index (χ4v) is 2.32. The minimum absolute atomic E-state index is 0.0259. The Kier molecular flexibility index (Phi) is 3.48. The highest BCUT2D eigenvalue weighted by Gasteiger charge is 2.25. The van der Waals surface area contributed by atoms with Crippen molar-refractivity contribution in [2.45, 2.75) is 5.92 Å². The van der Waals surface area contributed by atoms with Crippen molar-refractivity contribution in [2.24, 2.45) is 0 Å². The first-order valence-corrected chi connectivity index (χ1v) is 6.59. The Labute approximate surface area is 121 Å². The van der Waals surface area contributed by atoms with Crippen molar-refractivity contribution in [1.29, 1.82) is 0 Å². The van der Waals surface area contributed by atoms with E-state index in [9.17, 15) is 9.18 Å². The molecule has 1 aliphatic heterocycles. The molecular formula is C16H14FNO3. The van der Waals surface area contributed by atoms with Crippen molar-refractivity contribution in [2.75, 3.05) is 18.9 Å². The first-order chi connectivity index (χ1) is 10.1. The summed E-state index contributed by atoms with van der Waals surface area (Å²) in [6.45, 7) is 0.608. The summed E-state index contributed by atoms with van der Waals surface area (Å²) in [7, 11) is 0. The van der Waals surface area contributed by atoms with E-state index in [1.165, 1.54) is 12.1 Å². The van der Waals surface area contributed by atoms with Gasteiger partial charge in [-0.05, 0) is 24.3 Å². The van der Waals surface area contributed by atoms with Crippen LogP contribution in [0.1, 0.15) is 21.8 Å². The number of nitrogen functional groups attached to an aromatic ring is 1. The third-order valence-electron chi connectivity index (χ3n) is 3.43. The average Bonchev–Trinajstić information content (AvgIpc) is 2.88. The largest absolute Gasteiger partial charge is 0.493 e. The Balaban J connectivity index is 1.67. The number of ether oxygens (including phenoxy) is 2. The number of nitrogens with two attached hydrogens (primary N) is 1. The van der Waals surface area contributed by atoms with Gasteiger partial charge in [-0.15, -0.1) is 0 Å². The number of carbonyl (C=O) groups is 1. The lowest BCUT2D eigenvalue weighted by Crippen LogP contribution is -2.15. The second-order valence-electron chi connectivity index (χ2n) is 4.88. The number of hydrogen-bond acceptors (Lipinski definition) is 4. The molecule has 0 fully saturated rings. The van der Waals surface area contributed by atoms with E-state index < -0.39 is 11.8 Å². The summed E-state index contributed by atoms with van der Waals surface area (Å²) in [6, 6.07) is 11.5. The van der Waals surface area contributed by atoms with Gasteiger partial charge in [0.15, 0.2) is 0 Å². The van der Waals surface area contributed by atoms with Crippen LogP contribution in [0.15, 0.2) is 42.5 Å². The number of anilines is 1. The second-order valence-corrected chi connectivity index (χ2v) is 4.88. The summed E-state index contributed by atoms with van der Waals surface area (Å²) >= 11 is 0. The van der Waals surface area contributed by atoms with Crippen molar-refractivity contribution in [3.63, 3.8) is 0 Å². The SMILES string of the molecule is Nc1ccc(C(=O)OCC2COc3ccccc32)c(F)c1. The molecule has 0 saturated heterocycles. The number of carbonyl (C=O) groups excluding carboxylic acids is 1. The molecule has 2 aromatic carbocycles. The molecule has 108 valence electrons.